The predicted molar refractivity (Wildman–Crippen MR) is 102 cm³/mol. The zero-order valence-corrected chi connectivity index (χ0v) is 15.2. The molecular formula is C19H23ClN2O3. The van der Waals surface area contributed by atoms with Crippen molar-refractivity contribution in [1.82, 2.24) is 0 Å². The molecule has 0 bridgehead atoms. The second kappa shape index (κ2) is 9.79. The zero-order valence-electron chi connectivity index (χ0n) is 14.5. The number of unbranched alkanes of at least 4 members (excludes halogenated alkanes) is 1. The maximum absolute atomic E-state index is 12.0. The highest BCUT2D eigenvalue weighted by atomic mass is 35.5. The Balaban J connectivity index is 1.80. The van der Waals surface area contributed by atoms with Crippen LogP contribution in [0, 0.1) is 0 Å². The first-order valence-electron chi connectivity index (χ1n) is 8.22. The third kappa shape index (κ3) is 6.19. The maximum Gasteiger partial charge on any atom is 0.243 e. The van der Waals surface area contributed by atoms with Gasteiger partial charge in [-0.05, 0) is 48.9 Å². The summed E-state index contributed by atoms with van der Waals surface area (Å²) in [5, 5.41) is 6.35. The van der Waals surface area contributed by atoms with Crippen LogP contribution in [0.5, 0.6) is 11.5 Å². The molecule has 0 fully saturated rings. The van der Waals surface area contributed by atoms with E-state index in [4.69, 9.17) is 21.1 Å². The van der Waals surface area contributed by atoms with Crippen LogP contribution in [-0.4, -0.2) is 26.2 Å². The third-order valence-electron chi connectivity index (χ3n) is 3.51. The molecule has 0 unspecified atom stereocenters. The van der Waals surface area contributed by atoms with Crippen LogP contribution in [-0.2, 0) is 4.79 Å². The van der Waals surface area contributed by atoms with Gasteiger partial charge in [-0.2, -0.15) is 0 Å². The van der Waals surface area contributed by atoms with Gasteiger partial charge in [0.1, 0.15) is 11.5 Å². The summed E-state index contributed by atoms with van der Waals surface area (Å²) in [6.07, 6.45) is 2.13. The van der Waals surface area contributed by atoms with E-state index < -0.39 is 0 Å². The fourth-order valence-electron chi connectivity index (χ4n) is 2.13. The Morgan fingerprint density at radius 1 is 1.12 bits per heavy atom. The minimum absolute atomic E-state index is 0.136. The molecule has 0 aromatic heterocycles. The largest absolute Gasteiger partial charge is 0.495 e. The Kier molecular flexibility index (Phi) is 7.41. The number of carbonyl (C=O) groups excluding carboxylic acids is 1. The van der Waals surface area contributed by atoms with Crippen molar-refractivity contribution in [3.63, 3.8) is 0 Å². The number of amides is 1. The summed E-state index contributed by atoms with van der Waals surface area (Å²) in [5.41, 5.74) is 1.48. The lowest BCUT2D eigenvalue weighted by Gasteiger charge is -2.10. The first-order chi connectivity index (χ1) is 12.1. The summed E-state index contributed by atoms with van der Waals surface area (Å²) in [6.45, 7) is 2.96. The van der Waals surface area contributed by atoms with Crippen LogP contribution < -0.4 is 20.1 Å². The fourth-order valence-corrected chi connectivity index (χ4v) is 2.39. The second-order valence-corrected chi connectivity index (χ2v) is 5.88. The number of hydrogen-bond donors (Lipinski definition) is 2. The Labute approximate surface area is 153 Å². The average molecular weight is 363 g/mol. The van der Waals surface area contributed by atoms with E-state index in [1.54, 1.807) is 25.3 Å². The lowest BCUT2D eigenvalue weighted by molar-refractivity contribution is -0.114. The standard InChI is InChI=1S/C19H23ClN2O3/c1-3-4-11-25-16-8-5-14(6-9-16)22-19(23)13-21-15-7-10-18(24-2)17(20)12-15/h5-10,12,21H,3-4,11,13H2,1-2H3,(H,22,23). The number of benzene rings is 2. The van der Waals surface area contributed by atoms with Crippen molar-refractivity contribution in [2.75, 3.05) is 30.9 Å². The van der Waals surface area contributed by atoms with Gasteiger partial charge < -0.3 is 20.1 Å². The highest BCUT2D eigenvalue weighted by Crippen LogP contribution is 2.27. The number of methoxy groups -OCH3 is 1. The highest BCUT2D eigenvalue weighted by Gasteiger charge is 2.05. The lowest BCUT2D eigenvalue weighted by Crippen LogP contribution is -2.21. The lowest BCUT2D eigenvalue weighted by atomic mass is 10.3. The number of ether oxygens (including phenoxy) is 2. The van der Waals surface area contributed by atoms with E-state index in [1.165, 1.54) is 0 Å². The molecule has 25 heavy (non-hydrogen) atoms. The van der Waals surface area contributed by atoms with Gasteiger partial charge in [-0.1, -0.05) is 24.9 Å². The molecule has 0 saturated carbocycles. The normalized spacial score (nSPS) is 10.2. The smallest absolute Gasteiger partial charge is 0.243 e. The third-order valence-corrected chi connectivity index (χ3v) is 3.80. The summed E-state index contributed by atoms with van der Waals surface area (Å²) < 4.78 is 10.7. The summed E-state index contributed by atoms with van der Waals surface area (Å²) in [4.78, 5) is 12.0. The number of halogens is 1. The summed E-state index contributed by atoms with van der Waals surface area (Å²) in [5.74, 6) is 1.25. The van der Waals surface area contributed by atoms with Crippen LogP contribution in [0.4, 0.5) is 11.4 Å². The Morgan fingerprint density at radius 3 is 2.48 bits per heavy atom. The van der Waals surface area contributed by atoms with E-state index in [9.17, 15) is 4.79 Å². The van der Waals surface area contributed by atoms with Gasteiger partial charge in [0, 0.05) is 11.4 Å². The minimum atomic E-state index is -0.147. The Bertz CT molecular complexity index is 690. The van der Waals surface area contributed by atoms with Crippen LogP contribution in [0.25, 0.3) is 0 Å². The van der Waals surface area contributed by atoms with E-state index in [0.717, 1.165) is 30.0 Å². The topological polar surface area (TPSA) is 59.6 Å². The second-order valence-electron chi connectivity index (χ2n) is 5.48. The van der Waals surface area contributed by atoms with Gasteiger partial charge in [-0.3, -0.25) is 4.79 Å². The van der Waals surface area contributed by atoms with Crippen LogP contribution in [0.1, 0.15) is 19.8 Å². The van der Waals surface area contributed by atoms with Crippen LogP contribution in [0.3, 0.4) is 0 Å². The molecule has 0 saturated heterocycles. The van der Waals surface area contributed by atoms with Crippen molar-refractivity contribution >= 4 is 28.9 Å². The molecule has 0 aliphatic rings. The Morgan fingerprint density at radius 2 is 1.84 bits per heavy atom. The van der Waals surface area contributed by atoms with Crippen molar-refractivity contribution < 1.29 is 14.3 Å². The summed E-state index contributed by atoms with van der Waals surface area (Å²) >= 11 is 6.06. The van der Waals surface area contributed by atoms with E-state index in [1.807, 2.05) is 24.3 Å². The molecule has 0 radical (unpaired) electrons. The molecule has 134 valence electrons. The molecule has 6 heteroatoms. The number of nitrogens with one attached hydrogen (secondary N) is 2. The molecule has 0 aliphatic heterocycles. The number of carbonyl (C=O) groups is 1. The van der Waals surface area contributed by atoms with Gasteiger partial charge in [0.05, 0.1) is 25.3 Å². The van der Waals surface area contributed by atoms with Gasteiger partial charge in [0.15, 0.2) is 0 Å². The predicted octanol–water partition coefficient (Wildman–Crippen LogP) is 4.58. The van der Waals surface area contributed by atoms with Gasteiger partial charge in [0.2, 0.25) is 5.91 Å². The van der Waals surface area contributed by atoms with Crippen LogP contribution in [0.15, 0.2) is 42.5 Å². The molecule has 2 N–H and O–H groups in total. The molecule has 0 spiro atoms. The van der Waals surface area contributed by atoms with Gasteiger partial charge in [-0.15, -0.1) is 0 Å². The highest BCUT2D eigenvalue weighted by molar-refractivity contribution is 6.32. The van der Waals surface area contributed by atoms with Crippen LogP contribution in [0.2, 0.25) is 5.02 Å². The first kappa shape index (κ1) is 18.9. The molecule has 2 aromatic rings. The number of anilines is 2. The molecule has 0 heterocycles. The number of rotatable bonds is 9. The van der Waals surface area contributed by atoms with E-state index >= 15 is 0 Å². The van der Waals surface area contributed by atoms with Crippen molar-refractivity contribution in [1.29, 1.82) is 0 Å². The quantitative estimate of drug-likeness (QED) is 0.641. The SMILES string of the molecule is CCCCOc1ccc(NC(=O)CNc2ccc(OC)c(Cl)c2)cc1. The number of hydrogen-bond acceptors (Lipinski definition) is 4. The summed E-state index contributed by atoms with van der Waals surface area (Å²) in [7, 11) is 1.56. The Hall–Kier alpha value is -2.40. The van der Waals surface area contributed by atoms with E-state index in [0.29, 0.717) is 17.4 Å². The van der Waals surface area contributed by atoms with Crippen molar-refractivity contribution in [3.8, 4) is 11.5 Å². The first-order valence-corrected chi connectivity index (χ1v) is 8.60. The van der Waals surface area contributed by atoms with Gasteiger partial charge >= 0.3 is 0 Å². The summed E-state index contributed by atoms with van der Waals surface area (Å²) in [6, 6.07) is 12.6. The molecule has 1 amide bonds. The zero-order chi connectivity index (χ0) is 18.1. The molecule has 0 aliphatic carbocycles. The van der Waals surface area contributed by atoms with Gasteiger partial charge in [-0.25, -0.2) is 0 Å². The van der Waals surface area contributed by atoms with Gasteiger partial charge in [0.25, 0.3) is 0 Å². The average Bonchev–Trinajstić information content (AvgIpc) is 2.62. The molecular weight excluding hydrogens is 340 g/mol. The molecule has 5 nitrogen and oxygen atoms in total. The van der Waals surface area contributed by atoms with Crippen molar-refractivity contribution in [2.45, 2.75) is 19.8 Å². The fraction of sp³-hybridized carbons (Fsp3) is 0.316. The molecule has 0 atom stereocenters. The van der Waals surface area contributed by atoms with E-state index in [-0.39, 0.29) is 12.5 Å². The van der Waals surface area contributed by atoms with Crippen molar-refractivity contribution in [2.24, 2.45) is 0 Å². The van der Waals surface area contributed by atoms with E-state index in [2.05, 4.69) is 17.6 Å². The molecule has 2 rings (SSSR count). The van der Waals surface area contributed by atoms with Crippen LogP contribution >= 0.6 is 11.6 Å². The minimum Gasteiger partial charge on any atom is -0.495 e. The molecule has 2 aromatic carbocycles. The monoisotopic (exact) mass is 362 g/mol. The maximum atomic E-state index is 12.0. The van der Waals surface area contributed by atoms with Crippen molar-refractivity contribution in [3.05, 3.63) is 47.5 Å².